The van der Waals surface area contributed by atoms with E-state index >= 15 is 0 Å². The first-order valence-electron chi connectivity index (χ1n) is 25.4. The summed E-state index contributed by atoms with van der Waals surface area (Å²) in [6, 6.07) is 0. The second-order valence-electron chi connectivity index (χ2n) is 23.2. The van der Waals surface area contributed by atoms with Crippen LogP contribution < -0.4 is 12.4 Å². The van der Waals surface area contributed by atoms with Crippen LogP contribution in [-0.2, 0) is 9.53 Å². The van der Waals surface area contributed by atoms with Crippen molar-refractivity contribution in [2.24, 2.45) is 56.7 Å². The third kappa shape index (κ3) is 10.3. The van der Waals surface area contributed by atoms with Gasteiger partial charge in [0.25, 0.3) is 0 Å². The Hall–Kier alpha value is -0.580. The number of likely N-dealkylation sites (N-methyl/N-ethyl adjacent to an activating group) is 1. The standard InChI is InChI=1S/C53H96NO3.ClH/c1-11-13-15-17-19-21-23-25-37-54(10,38-26-24-22-20-18-16-14-12-2)39-47(56)57-46-31-32-50(7)44(49(46,5)6)30-33-52(9)45(50)28-27-43-48-42(41(3)4)29-34-53(48,40-55)36-35-51(43,52)8;/h42-46,48,55H,3,11-40H2,1-2,4-10H3;1H/q+1;/p-1/t42-,43?,44?,45?,46-,48?,50-,51+,52+,53+;/m0./s1. The minimum absolute atomic E-state index is 0. The Labute approximate surface area is 366 Å². The van der Waals surface area contributed by atoms with Crippen LogP contribution >= 0.6 is 0 Å². The van der Waals surface area contributed by atoms with Crippen molar-refractivity contribution in [3.05, 3.63) is 12.2 Å². The second kappa shape index (κ2) is 21.2. The van der Waals surface area contributed by atoms with Crippen molar-refractivity contribution in [2.45, 2.75) is 228 Å². The maximum absolute atomic E-state index is 14.2. The van der Waals surface area contributed by atoms with Gasteiger partial charge in [-0.2, -0.15) is 0 Å². The molecular weight excluding hydrogens is 734 g/mol. The van der Waals surface area contributed by atoms with Crippen molar-refractivity contribution < 1.29 is 31.5 Å². The highest BCUT2D eigenvalue weighted by molar-refractivity contribution is 5.71. The summed E-state index contributed by atoms with van der Waals surface area (Å²) >= 11 is 0. The number of hydrogen-bond acceptors (Lipinski definition) is 3. The van der Waals surface area contributed by atoms with E-state index in [-0.39, 0.29) is 40.7 Å². The molecule has 5 fully saturated rings. The summed E-state index contributed by atoms with van der Waals surface area (Å²) in [5.41, 5.74) is 2.30. The molecule has 58 heavy (non-hydrogen) atoms. The minimum Gasteiger partial charge on any atom is -1.00 e. The molecule has 0 aliphatic heterocycles. The molecule has 338 valence electrons. The van der Waals surface area contributed by atoms with Crippen molar-refractivity contribution in [3.63, 3.8) is 0 Å². The van der Waals surface area contributed by atoms with Gasteiger partial charge in [0.15, 0.2) is 6.54 Å². The van der Waals surface area contributed by atoms with Crippen LogP contribution in [0.5, 0.6) is 0 Å². The Morgan fingerprint density at radius 2 is 1.22 bits per heavy atom. The number of fused-ring (bicyclic) bond motifs is 7. The van der Waals surface area contributed by atoms with Gasteiger partial charge in [-0.3, -0.25) is 0 Å². The topological polar surface area (TPSA) is 46.5 Å². The molecule has 5 rings (SSSR count). The molecule has 4 unspecified atom stereocenters. The number of hydrogen-bond donors (Lipinski definition) is 1. The van der Waals surface area contributed by atoms with Gasteiger partial charge in [-0.15, -0.1) is 0 Å². The van der Waals surface area contributed by atoms with Gasteiger partial charge in [0.2, 0.25) is 0 Å². The quantitative estimate of drug-likeness (QED) is 0.0483. The lowest BCUT2D eigenvalue weighted by Gasteiger charge is -2.73. The van der Waals surface area contributed by atoms with E-state index in [2.05, 4.69) is 69.0 Å². The number of nitrogens with zero attached hydrogens (tertiary/aromatic N) is 1. The fourth-order valence-electron chi connectivity index (χ4n) is 15.8. The molecule has 10 atom stereocenters. The molecular formula is C53H96ClNO3. The lowest BCUT2D eigenvalue weighted by Crippen LogP contribution is -3.00. The summed E-state index contributed by atoms with van der Waals surface area (Å²) in [6.07, 6.45) is 33.5. The molecule has 0 aromatic carbocycles. The van der Waals surface area contributed by atoms with Gasteiger partial charge in [-0.25, -0.2) is 4.79 Å². The van der Waals surface area contributed by atoms with Gasteiger partial charge in [-0.1, -0.05) is 138 Å². The Morgan fingerprint density at radius 1 is 0.672 bits per heavy atom. The number of carbonyl (C=O) groups is 1. The van der Waals surface area contributed by atoms with Crippen molar-refractivity contribution in [1.82, 2.24) is 0 Å². The zero-order valence-corrected chi connectivity index (χ0v) is 40.7. The molecule has 5 saturated carbocycles. The minimum atomic E-state index is -0.0319. The largest absolute Gasteiger partial charge is 1.00 e. The van der Waals surface area contributed by atoms with Crippen LogP contribution in [0, 0.1) is 56.7 Å². The van der Waals surface area contributed by atoms with Crippen LogP contribution in [0.2, 0.25) is 0 Å². The first-order valence-corrected chi connectivity index (χ1v) is 25.4. The number of aliphatic hydroxyl groups is 1. The Morgan fingerprint density at radius 3 is 1.76 bits per heavy atom. The molecule has 4 nitrogen and oxygen atoms in total. The van der Waals surface area contributed by atoms with E-state index in [4.69, 9.17) is 4.74 Å². The third-order valence-electron chi connectivity index (χ3n) is 19.4. The average molecular weight is 831 g/mol. The van der Waals surface area contributed by atoms with E-state index in [1.165, 1.54) is 166 Å². The maximum atomic E-state index is 14.2. The highest BCUT2D eigenvalue weighted by atomic mass is 35.5. The molecule has 0 spiro atoms. The number of ether oxygens (including phenoxy) is 1. The lowest BCUT2D eigenvalue weighted by molar-refractivity contribution is -0.903. The molecule has 0 heterocycles. The van der Waals surface area contributed by atoms with E-state index in [0.29, 0.717) is 53.6 Å². The van der Waals surface area contributed by atoms with Crippen molar-refractivity contribution in [3.8, 4) is 0 Å². The number of unbranched alkanes of at least 4 members (excludes halogenated alkanes) is 14. The monoisotopic (exact) mass is 830 g/mol. The van der Waals surface area contributed by atoms with Crippen molar-refractivity contribution in [1.29, 1.82) is 0 Å². The first-order chi connectivity index (χ1) is 27.1. The Bertz CT molecular complexity index is 1280. The number of quaternary nitrogens is 1. The van der Waals surface area contributed by atoms with Gasteiger partial charge >= 0.3 is 5.97 Å². The summed E-state index contributed by atoms with van der Waals surface area (Å²) in [7, 11) is 2.37. The van der Waals surface area contributed by atoms with Crippen molar-refractivity contribution >= 4 is 5.97 Å². The van der Waals surface area contributed by atoms with Crippen molar-refractivity contribution in [2.75, 3.05) is 33.3 Å². The number of halogens is 1. The van der Waals surface area contributed by atoms with E-state index in [9.17, 15) is 9.90 Å². The summed E-state index contributed by atoms with van der Waals surface area (Å²) in [6.45, 7) is 27.5. The highest BCUT2D eigenvalue weighted by Gasteiger charge is 2.71. The van der Waals surface area contributed by atoms with Crippen LogP contribution in [0.4, 0.5) is 0 Å². The molecule has 5 heteroatoms. The van der Waals surface area contributed by atoms with Gasteiger partial charge in [0.1, 0.15) is 6.10 Å². The normalized spacial score (nSPS) is 36.5. The van der Waals surface area contributed by atoms with Gasteiger partial charge in [0.05, 0.1) is 20.1 Å². The van der Waals surface area contributed by atoms with Crippen LogP contribution in [0.25, 0.3) is 0 Å². The smallest absolute Gasteiger partial charge is 0.362 e. The SMILES string of the molecule is C=C(C)[C@@H]1CC[C@]2(CO)CC[C@]3(C)C(CCC4[C@@]5(C)CC[C@H](OC(=O)C[N+](C)(CCCCCCCCCC)CCCCCCCCCC)C(C)(C)C5CC[C@]43C)C12.[Cl-]. The van der Waals surface area contributed by atoms with Crippen LogP contribution in [0.15, 0.2) is 12.2 Å². The summed E-state index contributed by atoms with van der Waals surface area (Å²) in [5.74, 6) is 3.16. The fourth-order valence-corrected chi connectivity index (χ4v) is 15.8. The van der Waals surface area contributed by atoms with Gasteiger partial charge < -0.3 is 26.7 Å². The zero-order valence-electron chi connectivity index (χ0n) is 40.0. The number of carbonyl (C=O) groups excluding carboxylic acids is 1. The lowest BCUT2D eigenvalue weighted by atomic mass is 9.32. The van der Waals surface area contributed by atoms with Crippen LogP contribution in [0.3, 0.4) is 0 Å². The first kappa shape index (κ1) is 50.1. The zero-order chi connectivity index (χ0) is 41.5. The second-order valence-corrected chi connectivity index (χ2v) is 23.2. The third-order valence-corrected chi connectivity index (χ3v) is 19.4. The highest BCUT2D eigenvalue weighted by Crippen LogP contribution is 2.77. The molecule has 1 N–H and O–H groups in total. The predicted octanol–water partition coefficient (Wildman–Crippen LogP) is 11.3. The number of esters is 1. The van der Waals surface area contributed by atoms with Crippen LogP contribution in [-0.4, -0.2) is 55.0 Å². The summed E-state index contributed by atoms with van der Waals surface area (Å²) in [5, 5.41) is 10.9. The molecule has 5 aliphatic carbocycles. The Kier molecular flexibility index (Phi) is 18.3. The fraction of sp³-hybridized carbons (Fsp3) is 0.943. The molecule has 5 aliphatic rings. The molecule has 0 aromatic rings. The summed E-state index contributed by atoms with van der Waals surface area (Å²) < 4.78 is 7.60. The average Bonchev–Trinajstić information content (AvgIpc) is 3.56. The van der Waals surface area contributed by atoms with Crippen LogP contribution in [0.1, 0.15) is 222 Å². The van der Waals surface area contributed by atoms with Gasteiger partial charge in [-0.05, 0) is 148 Å². The molecule has 0 amide bonds. The maximum Gasteiger partial charge on any atom is 0.362 e. The molecule has 0 radical (unpaired) electrons. The Balaban J connectivity index is 0.00000744. The predicted molar refractivity (Wildman–Crippen MR) is 242 cm³/mol. The number of aliphatic hydroxyl groups excluding tert-OH is 1. The molecule has 0 bridgehead atoms. The van der Waals surface area contributed by atoms with E-state index in [0.717, 1.165) is 24.0 Å². The number of allylic oxidation sites excluding steroid dienone is 1. The molecule has 0 saturated heterocycles. The van der Waals surface area contributed by atoms with E-state index in [1.807, 2.05) is 0 Å². The van der Waals surface area contributed by atoms with E-state index < -0.39 is 0 Å². The molecule has 0 aromatic heterocycles. The number of rotatable bonds is 23. The summed E-state index contributed by atoms with van der Waals surface area (Å²) in [4.78, 5) is 14.2. The van der Waals surface area contributed by atoms with Gasteiger partial charge in [0, 0.05) is 12.0 Å². The van der Waals surface area contributed by atoms with E-state index in [1.54, 1.807) is 0 Å².